The van der Waals surface area contributed by atoms with Crippen molar-refractivity contribution in [1.82, 2.24) is 10.2 Å². The highest BCUT2D eigenvalue weighted by Gasteiger charge is 2.16. The number of nitrogens with one attached hydrogen (secondary N) is 2. The quantitative estimate of drug-likeness (QED) is 0.800. The van der Waals surface area contributed by atoms with Gasteiger partial charge in [0.15, 0.2) is 0 Å². The lowest BCUT2D eigenvalue weighted by Crippen LogP contribution is -2.41. The van der Waals surface area contributed by atoms with E-state index < -0.39 is 5.91 Å². The molecule has 2 aromatic rings. The van der Waals surface area contributed by atoms with E-state index in [2.05, 4.69) is 10.6 Å². The van der Waals surface area contributed by atoms with Crippen LogP contribution in [0, 0.1) is 13.8 Å². The lowest BCUT2D eigenvalue weighted by Gasteiger charge is -2.18. The standard InChI is InChI=1S/C20H22ClN3O3/c1-13-8-9-14(2)17(10-13)23-18(25)12-24(3)19(26)11-22-20(27)15-6-4-5-7-16(15)21/h4-10H,11-12H2,1-3H3,(H,22,27)(H,23,25). The van der Waals surface area contributed by atoms with Crippen molar-refractivity contribution in [3.63, 3.8) is 0 Å². The lowest BCUT2D eigenvalue weighted by atomic mass is 10.1. The summed E-state index contributed by atoms with van der Waals surface area (Å²) in [6, 6.07) is 12.3. The zero-order valence-electron chi connectivity index (χ0n) is 15.5. The smallest absolute Gasteiger partial charge is 0.253 e. The van der Waals surface area contributed by atoms with Crippen LogP contribution in [0.1, 0.15) is 21.5 Å². The van der Waals surface area contributed by atoms with E-state index in [0.717, 1.165) is 11.1 Å². The van der Waals surface area contributed by atoms with Gasteiger partial charge in [-0.25, -0.2) is 0 Å². The van der Waals surface area contributed by atoms with Crippen molar-refractivity contribution in [2.45, 2.75) is 13.8 Å². The fourth-order valence-electron chi connectivity index (χ4n) is 2.40. The Balaban J connectivity index is 1.86. The van der Waals surface area contributed by atoms with Crippen LogP contribution in [0.25, 0.3) is 0 Å². The van der Waals surface area contributed by atoms with Crippen molar-refractivity contribution >= 4 is 35.0 Å². The lowest BCUT2D eigenvalue weighted by molar-refractivity contribution is -0.132. The molecule has 27 heavy (non-hydrogen) atoms. The number of halogens is 1. The zero-order chi connectivity index (χ0) is 20.0. The zero-order valence-corrected chi connectivity index (χ0v) is 16.3. The van der Waals surface area contributed by atoms with E-state index in [1.165, 1.54) is 11.9 Å². The van der Waals surface area contributed by atoms with E-state index in [0.29, 0.717) is 16.3 Å². The molecule has 0 aliphatic rings. The largest absolute Gasteiger partial charge is 0.343 e. The monoisotopic (exact) mass is 387 g/mol. The van der Waals surface area contributed by atoms with Crippen molar-refractivity contribution in [2.75, 3.05) is 25.5 Å². The summed E-state index contributed by atoms with van der Waals surface area (Å²) >= 11 is 5.96. The number of carbonyl (C=O) groups is 3. The number of aryl methyl sites for hydroxylation is 2. The van der Waals surface area contributed by atoms with Crippen LogP contribution in [0.3, 0.4) is 0 Å². The summed E-state index contributed by atoms with van der Waals surface area (Å²) in [5, 5.41) is 5.62. The summed E-state index contributed by atoms with van der Waals surface area (Å²) in [7, 11) is 1.51. The summed E-state index contributed by atoms with van der Waals surface area (Å²) in [5.41, 5.74) is 2.98. The Bertz CT molecular complexity index is 867. The van der Waals surface area contributed by atoms with Gasteiger partial charge in [-0.05, 0) is 43.2 Å². The Labute approximate surface area is 163 Å². The molecule has 0 aliphatic heterocycles. The van der Waals surface area contributed by atoms with Crippen LogP contribution in [0.5, 0.6) is 0 Å². The molecular weight excluding hydrogens is 366 g/mol. The molecule has 0 bridgehead atoms. The van der Waals surface area contributed by atoms with Gasteiger partial charge in [0, 0.05) is 12.7 Å². The number of likely N-dealkylation sites (N-methyl/N-ethyl adjacent to an activating group) is 1. The average Bonchev–Trinajstić information content (AvgIpc) is 2.62. The van der Waals surface area contributed by atoms with Crippen LogP contribution in [0.2, 0.25) is 5.02 Å². The maximum Gasteiger partial charge on any atom is 0.253 e. The third-order valence-corrected chi connectivity index (χ3v) is 4.32. The van der Waals surface area contributed by atoms with Gasteiger partial charge in [-0.1, -0.05) is 35.9 Å². The molecule has 0 unspecified atom stereocenters. The SMILES string of the molecule is Cc1ccc(C)c(NC(=O)CN(C)C(=O)CNC(=O)c2ccccc2Cl)c1. The van der Waals surface area contributed by atoms with Crippen LogP contribution in [-0.2, 0) is 9.59 Å². The maximum atomic E-state index is 12.2. The van der Waals surface area contributed by atoms with Crippen LogP contribution in [0.4, 0.5) is 5.69 Å². The van der Waals surface area contributed by atoms with Gasteiger partial charge >= 0.3 is 0 Å². The Hall–Kier alpha value is -2.86. The van der Waals surface area contributed by atoms with Gasteiger partial charge in [0.25, 0.3) is 5.91 Å². The first-order valence-electron chi connectivity index (χ1n) is 8.41. The molecule has 7 heteroatoms. The first kappa shape index (κ1) is 20.5. The molecule has 0 fully saturated rings. The first-order valence-corrected chi connectivity index (χ1v) is 8.79. The van der Waals surface area contributed by atoms with E-state index in [9.17, 15) is 14.4 Å². The fraction of sp³-hybridized carbons (Fsp3) is 0.250. The molecule has 0 radical (unpaired) electrons. The molecule has 0 heterocycles. The molecule has 0 spiro atoms. The highest BCUT2D eigenvalue weighted by molar-refractivity contribution is 6.33. The molecule has 0 aromatic heterocycles. The summed E-state index contributed by atoms with van der Waals surface area (Å²) < 4.78 is 0. The minimum absolute atomic E-state index is 0.117. The van der Waals surface area contributed by atoms with Crippen molar-refractivity contribution in [3.05, 3.63) is 64.2 Å². The van der Waals surface area contributed by atoms with E-state index in [4.69, 9.17) is 11.6 Å². The van der Waals surface area contributed by atoms with E-state index in [-0.39, 0.29) is 24.9 Å². The van der Waals surface area contributed by atoms with Crippen LogP contribution >= 0.6 is 11.6 Å². The highest BCUT2D eigenvalue weighted by atomic mass is 35.5. The number of hydrogen-bond donors (Lipinski definition) is 2. The Morgan fingerprint density at radius 2 is 1.78 bits per heavy atom. The molecule has 0 atom stereocenters. The first-order chi connectivity index (χ1) is 12.8. The molecule has 142 valence electrons. The molecular formula is C20H22ClN3O3. The molecule has 2 aromatic carbocycles. The van der Waals surface area contributed by atoms with E-state index >= 15 is 0 Å². The van der Waals surface area contributed by atoms with Crippen LogP contribution in [0.15, 0.2) is 42.5 Å². The predicted molar refractivity (Wildman–Crippen MR) is 106 cm³/mol. The number of rotatable bonds is 6. The number of carbonyl (C=O) groups excluding carboxylic acids is 3. The fourth-order valence-corrected chi connectivity index (χ4v) is 2.62. The summed E-state index contributed by atoms with van der Waals surface area (Å²) in [6.07, 6.45) is 0. The average molecular weight is 388 g/mol. The second-order valence-electron chi connectivity index (χ2n) is 6.28. The molecule has 6 nitrogen and oxygen atoms in total. The third kappa shape index (κ3) is 5.82. The number of anilines is 1. The molecule has 3 amide bonds. The number of benzene rings is 2. The predicted octanol–water partition coefficient (Wildman–Crippen LogP) is 2.78. The van der Waals surface area contributed by atoms with E-state index in [1.54, 1.807) is 24.3 Å². The Kier molecular flexibility index (Phi) is 6.96. The number of amides is 3. The van der Waals surface area contributed by atoms with Gasteiger partial charge in [0.1, 0.15) is 0 Å². The van der Waals surface area contributed by atoms with Crippen molar-refractivity contribution < 1.29 is 14.4 Å². The van der Waals surface area contributed by atoms with Crippen molar-refractivity contribution in [3.8, 4) is 0 Å². The van der Waals surface area contributed by atoms with Crippen LogP contribution in [-0.4, -0.2) is 42.8 Å². The molecule has 0 saturated carbocycles. The summed E-state index contributed by atoms with van der Waals surface area (Å²) in [6.45, 7) is 3.49. The molecule has 0 aliphatic carbocycles. The minimum atomic E-state index is -0.442. The van der Waals surface area contributed by atoms with Crippen molar-refractivity contribution in [2.24, 2.45) is 0 Å². The normalized spacial score (nSPS) is 10.2. The Morgan fingerprint density at radius 1 is 1.07 bits per heavy atom. The van der Waals surface area contributed by atoms with Gasteiger partial charge in [0.05, 0.1) is 23.7 Å². The molecule has 0 saturated heterocycles. The Morgan fingerprint density at radius 3 is 2.48 bits per heavy atom. The molecule has 2 N–H and O–H groups in total. The highest BCUT2D eigenvalue weighted by Crippen LogP contribution is 2.16. The summed E-state index contributed by atoms with van der Waals surface area (Å²) in [4.78, 5) is 37.7. The second-order valence-corrected chi connectivity index (χ2v) is 6.69. The third-order valence-electron chi connectivity index (χ3n) is 3.99. The van der Waals surface area contributed by atoms with Gasteiger partial charge < -0.3 is 15.5 Å². The van der Waals surface area contributed by atoms with Gasteiger partial charge in [-0.15, -0.1) is 0 Å². The molecule has 2 rings (SSSR count). The van der Waals surface area contributed by atoms with Gasteiger partial charge in [-0.3, -0.25) is 14.4 Å². The minimum Gasteiger partial charge on any atom is -0.343 e. The van der Waals surface area contributed by atoms with Gasteiger partial charge in [0.2, 0.25) is 11.8 Å². The van der Waals surface area contributed by atoms with Crippen molar-refractivity contribution in [1.29, 1.82) is 0 Å². The second kappa shape index (κ2) is 9.19. The van der Waals surface area contributed by atoms with Gasteiger partial charge in [-0.2, -0.15) is 0 Å². The van der Waals surface area contributed by atoms with Crippen LogP contribution < -0.4 is 10.6 Å². The number of nitrogens with zero attached hydrogens (tertiary/aromatic N) is 1. The number of hydrogen-bond acceptors (Lipinski definition) is 3. The van der Waals surface area contributed by atoms with E-state index in [1.807, 2.05) is 32.0 Å². The maximum absolute atomic E-state index is 12.2. The topological polar surface area (TPSA) is 78.5 Å². The summed E-state index contributed by atoms with van der Waals surface area (Å²) in [5.74, 6) is -1.13.